The molecule has 1 rings (SSSR count). The second-order valence-corrected chi connectivity index (χ2v) is 6.88. The van der Waals surface area contributed by atoms with Crippen LogP contribution in [0.25, 0.3) is 0 Å². The summed E-state index contributed by atoms with van der Waals surface area (Å²) in [5.41, 5.74) is 1.99. The van der Waals surface area contributed by atoms with Crippen LogP contribution >= 0.6 is 0 Å². The molecule has 8 heteroatoms. The van der Waals surface area contributed by atoms with Crippen LogP contribution in [-0.4, -0.2) is 40.5 Å². The molecule has 0 bridgehead atoms. The molecule has 0 aromatic carbocycles. The normalized spacial score (nSPS) is 11.7. The number of pyridine rings is 1. The van der Waals surface area contributed by atoms with E-state index in [1.807, 2.05) is 0 Å². The lowest BCUT2D eigenvalue weighted by atomic mass is 10.1. The van der Waals surface area contributed by atoms with Crippen molar-refractivity contribution in [2.24, 2.45) is 5.92 Å². The van der Waals surface area contributed by atoms with E-state index in [1.54, 1.807) is 23.8 Å². The predicted molar refractivity (Wildman–Crippen MR) is 101 cm³/mol. The first-order valence-corrected chi connectivity index (χ1v) is 9.35. The molecule has 150 valence electrons. The van der Waals surface area contributed by atoms with Crippen molar-refractivity contribution in [3.63, 3.8) is 0 Å². The van der Waals surface area contributed by atoms with Crippen LogP contribution in [0.2, 0.25) is 0 Å². The number of hydrogen-bond donors (Lipinski definition) is 4. The van der Waals surface area contributed by atoms with Gasteiger partial charge in [0.25, 0.3) is 5.91 Å². The molecule has 3 amide bonds. The Bertz CT molecular complexity index is 593. The number of carbonyl (C=O) groups is 3. The van der Waals surface area contributed by atoms with E-state index in [4.69, 9.17) is 5.21 Å². The van der Waals surface area contributed by atoms with Crippen LogP contribution in [0.4, 0.5) is 0 Å². The Morgan fingerprint density at radius 3 is 2.56 bits per heavy atom. The maximum absolute atomic E-state index is 12.5. The van der Waals surface area contributed by atoms with Gasteiger partial charge < -0.3 is 10.6 Å². The zero-order chi connectivity index (χ0) is 20.1. The number of aromatic nitrogens is 1. The van der Waals surface area contributed by atoms with Gasteiger partial charge in [-0.05, 0) is 37.3 Å². The zero-order valence-corrected chi connectivity index (χ0v) is 16.0. The third kappa shape index (κ3) is 9.69. The SMILES string of the molecule is CC(C)CCNC(=O)[C@H](CCCCCC(=O)NO)NC(=O)c1cccnc1. The lowest BCUT2D eigenvalue weighted by Gasteiger charge is -2.19. The Hall–Kier alpha value is -2.48. The summed E-state index contributed by atoms with van der Waals surface area (Å²) >= 11 is 0. The molecule has 4 N–H and O–H groups in total. The maximum atomic E-state index is 12.5. The van der Waals surface area contributed by atoms with Gasteiger partial charge in [-0.2, -0.15) is 0 Å². The quantitative estimate of drug-likeness (QED) is 0.251. The van der Waals surface area contributed by atoms with E-state index in [0.29, 0.717) is 43.7 Å². The molecule has 0 aliphatic heterocycles. The summed E-state index contributed by atoms with van der Waals surface area (Å²) in [6.45, 7) is 4.72. The first-order valence-electron chi connectivity index (χ1n) is 9.35. The molecular formula is C19H30N4O4. The number of unbranched alkanes of at least 4 members (excludes halogenated alkanes) is 2. The summed E-state index contributed by atoms with van der Waals surface area (Å²) in [4.78, 5) is 39.7. The topological polar surface area (TPSA) is 120 Å². The minimum Gasteiger partial charge on any atom is -0.354 e. The minimum absolute atomic E-state index is 0.207. The van der Waals surface area contributed by atoms with Crippen LogP contribution in [0.15, 0.2) is 24.5 Å². The van der Waals surface area contributed by atoms with Crippen molar-refractivity contribution in [1.29, 1.82) is 0 Å². The summed E-state index contributed by atoms with van der Waals surface area (Å²) in [6, 6.07) is 2.67. The van der Waals surface area contributed by atoms with E-state index < -0.39 is 11.9 Å². The highest BCUT2D eigenvalue weighted by molar-refractivity contribution is 5.97. The van der Waals surface area contributed by atoms with Gasteiger partial charge in [0.05, 0.1) is 5.56 Å². The molecule has 1 heterocycles. The third-order valence-corrected chi connectivity index (χ3v) is 4.09. The second-order valence-electron chi connectivity index (χ2n) is 6.88. The minimum atomic E-state index is -0.642. The Morgan fingerprint density at radius 1 is 1.15 bits per heavy atom. The molecular weight excluding hydrogens is 348 g/mol. The van der Waals surface area contributed by atoms with Crippen LogP contribution < -0.4 is 16.1 Å². The molecule has 0 saturated heterocycles. The summed E-state index contributed by atoms with van der Waals surface area (Å²) in [7, 11) is 0. The maximum Gasteiger partial charge on any atom is 0.253 e. The molecule has 1 atom stereocenters. The first kappa shape index (κ1) is 22.6. The van der Waals surface area contributed by atoms with Gasteiger partial charge in [-0.15, -0.1) is 0 Å². The van der Waals surface area contributed by atoms with Crippen molar-refractivity contribution >= 4 is 17.7 Å². The monoisotopic (exact) mass is 378 g/mol. The number of carbonyl (C=O) groups excluding carboxylic acids is 3. The van der Waals surface area contributed by atoms with Crippen molar-refractivity contribution in [2.45, 2.75) is 58.4 Å². The van der Waals surface area contributed by atoms with E-state index in [9.17, 15) is 14.4 Å². The number of nitrogens with one attached hydrogen (secondary N) is 3. The standard InChI is InChI=1S/C19H30N4O4/c1-14(2)10-12-21-19(26)16(8-4-3-5-9-17(24)23-27)22-18(25)15-7-6-11-20-13-15/h6-7,11,13-14,16,27H,3-5,8-10,12H2,1-2H3,(H,21,26)(H,22,25)(H,23,24)/t16-/m0/s1. The van der Waals surface area contributed by atoms with Gasteiger partial charge >= 0.3 is 0 Å². The molecule has 0 fully saturated rings. The lowest BCUT2D eigenvalue weighted by Crippen LogP contribution is -2.47. The lowest BCUT2D eigenvalue weighted by molar-refractivity contribution is -0.129. The summed E-state index contributed by atoms with van der Waals surface area (Å²) in [5.74, 6) is -0.498. The molecule has 0 saturated carbocycles. The van der Waals surface area contributed by atoms with Crippen molar-refractivity contribution in [3.8, 4) is 0 Å². The van der Waals surface area contributed by atoms with E-state index in [0.717, 1.165) is 6.42 Å². The molecule has 27 heavy (non-hydrogen) atoms. The second kappa shape index (κ2) is 12.8. The average molecular weight is 378 g/mol. The van der Waals surface area contributed by atoms with Gasteiger partial charge in [0.2, 0.25) is 11.8 Å². The first-order chi connectivity index (χ1) is 12.9. The van der Waals surface area contributed by atoms with Crippen LogP contribution in [0.3, 0.4) is 0 Å². The average Bonchev–Trinajstić information content (AvgIpc) is 2.66. The van der Waals surface area contributed by atoms with Crippen molar-refractivity contribution < 1.29 is 19.6 Å². The summed E-state index contributed by atoms with van der Waals surface area (Å²) < 4.78 is 0. The highest BCUT2D eigenvalue weighted by atomic mass is 16.5. The number of hydroxylamine groups is 1. The molecule has 0 aliphatic rings. The fraction of sp³-hybridized carbons (Fsp3) is 0.579. The molecule has 1 aromatic heterocycles. The summed E-state index contributed by atoms with van der Waals surface area (Å²) in [5, 5.41) is 14.1. The van der Waals surface area contributed by atoms with Crippen LogP contribution in [0, 0.1) is 5.92 Å². The molecule has 0 unspecified atom stereocenters. The van der Waals surface area contributed by atoms with Crippen molar-refractivity contribution in [1.82, 2.24) is 21.1 Å². The Labute approximate surface area is 160 Å². The number of hydrogen-bond acceptors (Lipinski definition) is 5. The van der Waals surface area contributed by atoms with Crippen molar-refractivity contribution in [2.75, 3.05) is 6.54 Å². The van der Waals surface area contributed by atoms with Crippen LogP contribution in [0.5, 0.6) is 0 Å². The van der Waals surface area contributed by atoms with Gasteiger partial charge in [0.15, 0.2) is 0 Å². The van der Waals surface area contributed by atoms with Gasteiger partial charge in [0, 0.05) is 25.4 Å². The van der Waals surface area contributed by atoms with E-state index in [1.165, 1.54) is 6.20 Å². The Morgan fingerprint density at radius 2 is 1.93 bits per heavy atom. The largest absolute Gasteiger partial charge is 0.354 e. The van der Waals surface area contributed by atoms with Gasteiger partial charge in [-0.25, -0.2) is 5.48 Å². The molecule has 0 radical (unpaired) electrons. The van der Waals surface area contributed by atoms with E-state index >= 15 is 0 Å². The smallest absolute Gasteiger partial charge is 0.253 e. The molecule has 8 nitrogen and oxygen atoms in total. The molecule has 1 aromatic rings. The van der Waals surface area contributed by atoms with Gasteiger partial charge in [-0.3, -0.25) is 24.6 Å². The zero-order valence-electron chi connectivity index (χ0n) is 16.0. The highest BCUT2D eigenvalue weighted by Gasteiger charge is 2.21. The molecule has 0 aliphatic carbocycles. The number of amides is 3. The fourth-order valence-corrected chi connectivity index (χ4v) is 2.48. The van der Waals surface area contributed by atoms with Crippen LogP contribution in [0.1, 0.15) is 62.7 Å². The van der Waals surface area contributed by atoms with E-state index in [-0.39, 0.29) is 18.2 Å². The Balaban J connectivity index is 2.55. The van der Waals surface area contributed by atoms with E-state index in [2.05, 4.69) is 29.5 Å². The van der Waals surface area contributed by atoms with Gasteiger partial charge in [-0.1, -0.05) is 26.7 Å². The van der Waals surface area contributed by atoms with Crippen LogP contribution in [-0.2, 0) is 9.59 Å². The third-order valence-electron chi connectivity index (χ3n) is 4.09. The number of rotatable bonds is 12. The van der Waals surface area contributed by atoms with Gasteiger partial charge in [0.1, 0.15) is 6.04 Å². The predicted octanol–water partition coefficient (Wildman–Crippen LogP) is 1.80. The molecule has 0 spiro atoms. The Kier molecular flexibility index (Phi) is 10.7. The number of nitrogens with zero attached hydrogens (tertiary/aromatic N) is 1. The van der Waals surface area contributed by atoms with Crippen molar-refractivity contribution in [3.05, 3.63) is 30.1 Å². The fourth-order valence-electron chi connectivity index (χ4n) is 2.48. The highest BCUT2D eigenvalue weighted by Crippen LogP contribution is 2.08. The summed E-state index contributed by atoms with van der Waals surface area (Å²) in [6.07, 6.45) is 6.59.